The average Bonchev–Trinajstić information content (AvgIpc) is 2.06. The van der Waals surface area contributed by atoms with Crippen LogP contribution in [0, 0.1) is 0 Å². The summed E-state index contributed by atoms with van der Waals surface area (Å²) in [6, 6.07) is 0. The highest BCUT2D eigenvalue weighted by atomic mass is 16.1. The number of allylic oxidation sites excluding steroid dienone is 4. The lowest BCUT2D eigenvalue weighted by Gasteiger charge is -2.12. The van der Waals surface area contributed by atoms with E-state index in [4.69, 9.17) is 0 Å². The number of carbonyl (C=O) groups excluding carboxylic acids is 1. The van der Waals surface area contributed by atoms with E-state index in [9.17, 15) is 4.79 Å². The number of carbonyl (C=O) groups is 1. The van der Waals surface area contributed by atoms with E-state index in [1.807, 2.05) is 6.92 Å². The van der Waals surface area contributed by atoms with Crippen LogP contribution in [-0.4, -0.2) is 6.29 Å². The van der Waals surface area contributed by atoms with Crippen LogP contribution in [0.5, 0.6) is 0 Å². The maximum atomic E-state index is 10.2. The van der Waals surface area contributed by atoms with Crippen LogP contribution in [0.25, 0.3) is 0 Å². The Morgan fingerprint density at radius 1 is 1.58 bits per heavy atom. The van der Waals surface area contributed by atoms with E-state index in [2.05, 4.69) is 6.08 Å². The van der Waals surface area contributed by atoms with Gasteiger partial charge in [0.05, 0.1) is 0 Å². The Hall–Kier alpha value is -0.850. The van der Waals surface area contributed by atoms with Crippen molar-refractivity contribution in [1.82, 2.24) is 0 Å². The number of hydrogen-bond donors (Lipinski definition) is 0. The Labute approximate surface area is 74.2 Å². The first-order valence-corrected chi connectivity index (χ1v) is 4.62. The highest BCUT2D eigenvalue weighted by Crippen LogP contribution is 2.22. The van der Waals surface area contributed by atoms with E-state index in [-0.39, 0.29) is 0 Å². The first-order chi connectivity index (χ1) is 5.83. The van der Waals surface area contributed by atoms with Crippen LogP contribution in [0.15, 0.2) is 23.3 Å². The summed E-state index contributed by atoms with van der Waals surface area (Å²) in [4.78, 5) is 10.2. The van der Waals surface area contributed by atoms with Gasteiger partial charge in [0.25, 0.3) is 0 Å². The van der Waals surface area contributed by atoms with E-state index >= 15 is 0 Å². The molecule has 12 heavy (non-hydrogen) atoms. The fourth-order valence-electron chi connectivity index (χ4n) is 1.60. The molecule has 0 saturated carbocycles. The van der Waals surface area contributed by atoms with Crippen molar-refractivity contribution in [1.29, 1.82) is 0 Å². The van der Waals surface area contributed by atoms with Crippen LogP contribution in [0.3, 0.4) is 0 Å². The molecular formula is C11H16O. The second kappa shape index (κ2) is 4.91. The molecule has 1 rings (SSSR count). The molecule has 0 atom stereocenters. The molecule has 1 aliphatic rings. The van der Waals surface area contributed by atoms with Gasteiger partial charge in [0.2, 0.25) is 0 Å². The summed E-state index contributed by atoms with van der Waals surface area (Å²) < 4.78 is 0. The van der Waals surface area contributed by atoms with Gasteiger partial charge in [-0.15, -0.1) is 0 Å². The molecule has 0 fully saturated rings. The average molecular weight is 164 g/mol. The molecule has 0 unspecified atom stereocenters. The third-order valence-electron chi connectivity index (χ3n) is 2.24. The van der Waals surface area contributed by atoms with Crippen molar-refractivity contribution in [3.8, 4) is 0 Å². The molecule has 0 amide bonds. The summed E-state index contributed by atoms with van der Waals surface area (Å²) in [5.74, 6) is 0. The normalized spacial score (nSPS) is 18.8. The third kappa shape index (κ3) is 3.04. The zero-order valence-electron chi connectivity index (χ0n) is 7.68. The smallest absolute Gasteiger partial charge is 0.142 e. The minimum Gasteiger partial charge on any atom is -0.299 e. The number of hydrogen-bond acceptors (Lipinski definition) is 1. The highest BCUT2D eigenvalue weighted by Gasteiger charge is 2.03. The van der Waals surface area contributed by atoms with E-state index < -0.39 is 0 Å². The Balaban J connectivity index is 2.44. The molecule has 1 nitrogen and oxygen atoms in total. The molecule has 0 spiro atoms. The third-order valence-corrected chi connectivity index (χ3v) is 2.24. The van der Waals surface area contributed by atoms with Gasteiger partial charge in [-0.2, -0.15) is 0 Å². The van der Waals surface area contributed by atoms with Gasteiger partial charge < -0.3 is 0 Å². The van der Waals surface area contributed by atoms with Gasteiger partial charge in [-0.25, -0.2) is 0 Å². The van der Waals surface area contributed by atoms with Crippen LogP contribution in [0.1, 0.15) is 39.0 Å². The van der Waals surface area contributed by atoms with Gasteiger partial charge in [0, 0.05) is 0 Å². The fourth-order valence-corrected chi connectivity index (χ4v) is 1.60. The predicted molar refractivity (Wildman–Crippen MR) is 51.0 cm³/mol. The van der Waals surface area contributed by atoms with E-state index in [1.54, 1.807) is 6.08 Å². The van der Waals surface area contributed by atoms with Crippen LogP contribution >= 0.6 is 0 Å². The van der Waals surface area contributed by atoms with Crippen LogP contribution in [-0.2, 0) is 4.79 Å². The Bertz CT molecular complexity index is 211. The Morgan fingerprint density at radius 3 is 3.00 bits per heavy atom. The summed E-state index contributed by atoms with van der Waals surface area (Å²) in [5, 5.41) is 0. The highest BCUT2D eigenvalue weighted by molar-refractivity contribution is 5.66. The predicted octanol–water partition coefficient (Wildman–Crippen LogP) is 3.02. The van der Waals surface area contributed by atoms with Crippen molar-refractivity contribution >= 4 is 6.29 Å². The first kappa shape index (κ1) is 9.24. The van der Waals surface area contributed by atoms with Crippen LogP contribution in [0.2, 0.25) is 0 Å². The molecule has 1 heteroatoms. The first-order valence-electron chi connectivity index (χ1n) is 4.62. The van der Waals surface area contributed by atoms with Gasteiger partial charge in [0.1, 0.15) is 6.29 Å². The molecule has 0 aromatic rings. The molecule has 0 aliphatic heterocycles. The molecule has 0 radical (unpaired) electrons. The molecule has 0 aromatic heterocycles. The molecule has 66 valence electrons. The van der Waals surface area contributed by atoms with Crippen molar-refractivity contribution < 1.29 is 4.79 Å². The summed E-state index contributed by atoms with van der Waals surface area (Å²) in [6.45, 7) is 2.02. The molecule has 0 bridgehead atoms. The fraction of sp³-hybridized carbons (Fsp3) is 0.545. The lowest BCUT2D eigenvalue weighted by Crippen LogP contribution is -1.92. The van der Waals surface area contributed by atoms with E-state index in [0.29, 0.717) is 0 Å². The van der Waals surface area contributed by atoms with Crippen LogP contribution < -0.4 is 0 Å². The summed E-state index contributed by atoms with van der Waals surface area (Å²) in [6.07, 6.45) is 11.0. The second-order valence-electron chi connectivity index (χ2n) is 3.43. The standard InChI is InChI=1S/C11H16O/c1-10(7-8-12)9-11-5-3-2-4-6-11/h5,7-8H,2-4,6,9H2,1H3/b10-7+. The summed E-state index contributed by atoms with van der Waals surface area (Å²) in [5.41, 5.74) is 2.69. The second-order valence-corrected chi connectivity index (χ2v) is 3.43. The van der Waals surface area contributed by atoms with Gasteiger partial charge in [-0.3, -0.25) is 4.79 Å². The summed E-state index contributed by atoms with van der Waals surface area (Å²) >= 11 is 0. The van der Waals surface area contributed by atoms with Crippen molar-refractivity contribution in [2.75, 3.05) is 0 Å². The quantitative estimate of drug-likeness (QED) is 0.356. The van der Waals surface area contributed by atoms with Crippen molar-refractivity contribution in [3.63, 3.8) is 0 Å². The topological polar surface area (TPSA) is 17.1 Å². The minimum absolute atomic E-state index is 0.874. The number of rotatable bonds is 3. The van der Waals surface area contributed by atoms with Gasteiger partial charge in [0.15, 0.2) is 0 Å². The molecule has 0 aromatic carbocycles. The Morgan fingerprint density at radius 2 is 2.42 bits per heavy atom. The molecule has 0 N–H and O–H groups in total. The maximum absolute atomic E-state index is 10.2. The summed E-state index contributed by atoms with van der Waals surface area (Å²) in [7, 11) is 0. The lowest BCUT2D eigenvalue weighted by molar-refractivity contribution is -0.104. The van der Waals surface area contributed by atoms with E-state index in [1.165, 1.54) is 36.8 Å². The van der Waals surface area contributed by atoms with Crippen molar-refractivity contribution in [3.05, 3.63) is 23.3 Å². The molecule has 0 heterocycles. The van der Waals surface area contributed by atoms with Crippen molar-refractivity contribution in [2.24, 2.45) is 0 Å². The molecule has 1 aliphatic carbocycles. The molecule has 0 saturated heterocycles. The Kier molecular flexibility index (Phi) is 3.78. The number of aldehydes is 1. The van der Waals surface area contributed by atoms with Gasteiger partial charge in [-0.1, -0.05) is 17.2 Å². The lowest BCUT2D eigenvalue weighted by atomic mass is 9.94. The minimum atomic E-state index is 0.874. The van der Waals surface area contributed by atoms with Crippen LogP contribution in [0.4, 0.5) is 0 Å². The molecular weight excluding hydrogens is 148 g/mol. The van der Waals surface area contributed by atoms with E-state index in [0.717, 1.165) is 12.7 Å². The van der Waals surface area contributed by atoms with Crippen molar-refractivity contribution in [2.45, 2.75) is 39.0 Å². The largest absolute Gasteiger partial charge is 0.299 e. The zero-order valence-corrected chi connectivity index (χ0v) is 7.68. The van der Waals surface area contributed by atoms with Gasteiger partial charge in [-0.05, 0) is 45.1 Å². The SMILES string of the molecule is C/C(=C\C=O)CC1=CCCCC1. The monoisotopic (exact) mass is 164 g/mol. The zero-order chi connectivity index (χ0) is 8.81. The van der Waals surface area contributed by atoms with Gasteiger partial charge >= 0.3 is 0 Å². The maximum Gasteiger partial charge on any atom is 0.142 e.